The summed E-state index contributed by atoms with van der Waals surface area (Å²) in [6.45, 7) is 2.25. The Morgan fingerprint density at radius 2 is 1.48 bits per heavy atom. The highest BCUT2D eigenvalue weighted by atomic mass is 16.6. The lowest BCUT2D eigenvalue weighted by Gasteiger charge is -2.01. The zero-order valence-corrected chi connectivity index (χ0v) is 13.2. The number of unbranched alkanes of at least 4 members (excludes halogenated alkanes) is 10. The van der Waals surface area contributed by atoms with Crippen molar-refractivity contribution >= 4 is 11.9 Å². The molecule has 1 rings (SSSR count). The number of hydrogen-bond acceptors (Lipinski definition) is 3. The molecule has 0 aliphatic carbocycles. The van der Waals surface area contributed by atoms with Crippen LogP contribution in [0.25, 0.3) is 0 Å². The second-order valence-electron chi connectivity index (χ2n) is 5.68. The summed E-state index contributed by atoms with van der Waals surface area (Å²) < 4.78 is 4.41. The predicted molar refractivity (Wildman–Crippen MR) is 84.8 cm³/mol. The van der Waals surface area contributed by atoms with Gasteiger partial charge in [0.1, 0.15) is 0 Å². The molecule has 0 aromatic carbocycles. The number of allylic oxidation sites excluding steroid dienone is 1. The molecule has 0 saturated heterocycles. The van der Waals surface area contributed by atoms with Crippen molar-refractivity contribution < 1.29 is 14.3 Å². The summed E-state index contributed by atoms with van der Waals surface area (Å²) in [5, 5.41) is 0. The Morgan fingerprint density at radius 3 is 2.00 bits per heavy atom. The lowest BCUT2D eigenvalue weighted by molar-refractivity contribution is -0.150. The average Bonchev–Trinajstić information content (AvgIpc) is 2.78. The van der Waals surface area contributed by atoms with Crippen LogP contribution >= 0.6 is 0 Å². The van der Waals surface area contributed by atoms with Crippen LogP contribution in [0.4, 0.5) is 0 Å². The maximum atomic E-state index is 11.2. The average molecular weight is 292 g/mol. The molecule has 1 aliphatic rings. The van der Waals surface area contributed by atoms with E-state index in [0.717, 1.165) is 12.8 Å². The number of esters is 2. The molecule has 3 nitrogen and oxygen atoms in total. The lowest BCUT2D eigenvalue weighted by Crippen LogP contribution is -2.00. The van der Waals surface area contributed by atoms with E-state index in [1.54, 1.807) is 6.08 Å². The highest BCUT2D eigenvalue weighted by Crippen LogP contribution is 2.13. The Hall–Kier alpha value is -1.38. The fourth-order valence-corrected chi connectivity index (χ4v) is 2.44. The molecule has 0 spiro atoms. The maximum absolute atomic E-state index is 11.2. The van der Waals surface area contributed by atoms with Crippen molar-refractivity contribution in [1.82, 2.24) is 0 Å². The molecule has 1 heterocycles. The number of hydrogen-bond donors (Lipinski definition) is 0. The van der Waals surface area contributed by atoms with Gasteiger partial charge < -0.3 is 4.74 Å². The van der Waals surface area contributed by atoms with Crippen LogP contribution in [-0.4, -0.2) is 11.9 Å². The Balaban J connectivity index is 1.90. The number of rotatable bonds is 12. The third kappa shape index (κ3) is 8.49. The van der Waals surface area contributed by atoms with Crippen molar-refractivity contribution in [3.63, 3.8) is 0 Å². The molecule has 0 N–H and O–H groups in total. The summed E-state index contributed by atoms with van der Waals surface area (Å²) in [5.41, 5.74) is 0.368. The number of carbonyl (C=O) groups excluding carboxylic acids is 2. The van der Waals surface area contributed by atoms with Crippen molar-refractivity contribution in [1.29, 1.82) is 0 Å². The van der Waals surface area contributed by atoms with Gasteiger partial charge in [-0.25, -0.2) is 9.59 Å². The Bertz CT molecular complexity index is 380. The van der Waals surface area contributed by atoms with E-state index >= 15 is 0 Å². The first kappa shape index (κ1) is 17.7. The molecular formula is C18H28O3. The van der Waals surface area contributed by atoms with E-state index in [0.29, 0.717) is 5.57 Å². The van der Waals surface area contributed by atoms with E-state index in [4.69, 9.17) is 0 Å². The SMILES string of the molecule is CCCCCCCCCCCCC=CC1=CC(=O)OC1=O. The van der Waals surface area contributed by atoms with Crippen molar-refractivity contribution in [3.05, 3.63) is 23.8 Å². The predicted octanol–water partition coefficient (Wildman–Crippen LogP) is 4.86. The van der Waals surface area contributed by atoms with Crippen molar-refractivity contribution in [2.24, 2.45) is 0 Å². The molecule has 0 saturated carbocycles. The molecule has 0 bridgehead atoms. The standard InChI is InChI=1S/C18H28O3/c1-2-3-4-5-6-7-8-9-10-11-12-13-14-16-15-17(19)21-18(16)20/h13-15H,2-12H2,1H3. The topological polar surface area (TPSA) is 43.4 Å². The second-order valence-corrected chi connectivity index (χ2v) is 5.68. The largest absolute Gasteiger partial charge is 0.386 e. The summed E-state index contributed by atoms with van der Waals surface area (Å²) in [6.07, 6.45) is 19.1. The first-order valence-electron chi connectivity index (χ1n) is 8.38. The maximum Gasteiger partial charge on any atom is 0.346 e. The van der Waals surface area contributed by atoms with Gasteiger partial charge >= 0.3 is 11.9 Å². The first-order chi connectivity index (χ1) is 10.2. The van der Waals surface area contributed by atoms with Gasteiger partial charge in [0, 0.05) is 6.08 Å². The molecule has 0 fully saturated rings. The van der Waals surface area contributed by atoms with Gasteiger partial charge in [-0.1, -0.05) is 76.9 Å². The van der Waals surface area contributed by atoms with Crippen LogP contribution in [0.3, 0.4) is 0 Å². The monoisotopic (exact) mass is 292 g/mol. The molecule has 21 heavy (non-hydrogen) atoms. The molecule has 0 amide bonds. The fourth-order valence-electron chi connectivity index (χ4n) is 2.44. The van der Waals surface area contributed by atoms with Crippen LogP contribution in [0.2, 0.25) is 0 Å². The van der Waals surface area contributed by atoms with E-state index in [1.165, 1.54) is 63.9 Å². The van der Waals surface area contributed by atoms with Crippen LogP contribution in [0.5, 0.6) is 0 Å². The Labute approximate surface area is 128 Å². The third-order valence-electron chi connectivity index (χ3n) is 3.72. The van der Waals surface area contributed by atoms with Crippen molar-refractivity contribution in [2.45, 2.75) is 77.6 Å². The minimum Gasteiger partial charge on any atom is -0.386 e. The van der Waals surface area contributed by atoms with Crippen LogP contribution < -0.4 is 0 Å². The quantitative estimate of drug-likeness (QED) is 0.293. The van der Waals surface area contributed by atoms with Crippen LogP contribution in [0.15, 0.2) is 23.8 Å². The molecule has 1 aliphatic heterocycles. The highest BCUT2D eigenvalue weighted by molar-refractivity contribution is 6.10. The molecule has 0 aromatic heterocycles. The Morgan fingerprint density at radius 1 is 0.905 bits per heavy atom. The molecule has 0 unspecified atom stereocenters. The number of cyclic esters (lactones) is 2. The summed E-state index contributed by atoms with van der Waals surface area (Å²) in [7, 11) is 0. The molecule has 0 aromatic rings. The van der Waals surface area contributed by atoms with E-state index < -0.39 is 11.9 Å². The van der Waals surface area contributed by atoms with Crippen LogP contribution in [0.1, 0.15) is 77.6 Å². The van der Waals surface area contributed by atoms with Gasteiger partial charge in [-0.15, -0.1) is 0 Å². The lowest BCUT2D eigenvalue weighted by atomic mass is 10.1. The summed E-state index contributed by atoms with van der Waals surface area (Å²) in [5.74, 6) is -1.09. The zero-order valence-electron chi connectivity index (χ0n) is 13.2. The second kappa shape index (κ2) is 11.3. The minimum atomic E-state index is -0.557. The molecule has 118 valence electrons. The summed E-state index contributed by atoms with van der Waals surface area (Å²) in [4.78, 5) is 22.0. The van der Waals surface area contributed by atoms with Gasteiger partial charge in [-0.2, -0.15) is 0 Å². The highest BCUT2D eigenvalue weighted by Gasteiger charge is 2.20. The van der Waals surface area contributed by atoms with Crippen molar-refractivity contribution in [2.75, 3.05) is 0 Å². The summed E-state index contributed by atoms with van der Waals surface area (Å²) in [6, 6.07) is 0. The minimum absolute atomic E-state index is 0.368. The third-order valence-corrected chi connectivity index (χ3v) is 3.72. The van der Waals surface area contributed by atoms with Crippen molar-refractivity contribution in [3.8, 4) is 0 Å². The van der Waals surface area contributed by atoms with E-state index in [2.05, 4.69) is 11.7 Å². The van der Waals surface area contributed by atoms with Gasteiger partial charge in [0.25, 0.3) is 0 Å². The molecule has 0 atom stereocenters. The fraction of sp³-hybridized carbons (Fsp3) is 0.667. The van der Waals surface area contributed by atoms with Gasteiger partial charge in [-0.3, -0.25) is 0 Å². The van der Waals surface area contributed by atoms with Gasteiger partial charge in [-0.05, 0) is 12.8 Å². The first-order valence-corrected chi connectivity index (χ1v) is 8.38. The molecular weight excluding hydrogens is 264 g/mol. The normalized spacial score (nSPS) is 14.8. The zero-order chi connectivity index (χ0) is 15.3. The smallest absolute Gasteiger partial charge is 0.346 e. The van der Waals surface area contributed by atoms with Crippen LogP contribution in [-0.2, 0) is 14.3 Å². The van der Waals surface area contributed by atoms with Gasteiger partial charge in [0.2, 0.25) is 0 Å². The van der Waals surface area contributed by atoms with Gasteiger partial charge in [0.05, 0.1) is 5.57 Å². The van der Waals surface area contributed by atoms with Crippen LogP contribution in [0, 0.1) is 0 Å². The van der Waals surface area contributed by atoms with E-state index in [9.17, 15) is 9.59 Å². The van der Waals surface area contributed by atoms with Gasteiger partial charge in [0.15, 0.2) is 0 Å². The molecule has 3 heteroatoms. The molecule has 0 radical (unpaired) electrons. The van der Waals surface area contributed by atoms with E-state index in [1.807, 2.05) is 6.08 Å². The number of carbonyl (C=O) groups is 2. The Kier molecular flexibility index (Phi) is 9.51. The van der Waals surface area contributed by atoms with E-state index in [-0.39, 0.29) is 0 Å². The number of ether oxygens (including phenoxy) is 1. The summed E-state index contributed by atoms with van der Waals surface area (Å²) >= 11 is 0.